The number of hydrogen-bond acceptors (Lipinski definition) is 4. The number of carbonyl (C=O) groups excluding carboxylic acids is 1. The molecule has 0 aliphatic carbocycles. The lowest BCUT2D eigenvalue weighted by molar-refractivity contribution is 0.159. The number of hydrogen-bond donors (Lipinski definition) is 2. The summed E-state index contributed by atoms with van der Waals surface area (Å²) in [5.41, 5.74) is 3.01. The van der Waals surface area contributed by atoms with Crippen LogP contribution in [-0.4, -0.2) is 60.1 Å². The second-order valence-electron chi connectivity index (χ2n) is 8.57. The number of methoxy groups -OCH3 is 1. The monoisotopic (exact) mass is 469 g/mol. The molecular formula is C25H29F2N5O2. The topological polar surface area (TPSA) is 71.4 Å². The summed E-state index contributed by atoms with van der Waals surface area (Å²) >= 11 is 0. The molecule has 180 valence electrons. The third kappa shape index (κ3) is 5.26. The quantitative estimate of drug-likeness (QED) is 0.549. The van der Waals surface area contributed by atoms with Crippen LogP contribution in [0.25, 0.3) is 5.69 Å². The van der Waals surface area contributed by atoms with Crippen LogP contribution in [0.3, 0.4) is 0 Å². The largest absolute Gasteiger partial charge is 0.383 e. The van der Waals surface area contributed by atoms with Crippen LogP contribution in [-0.2, 0) is 4.74 Å². The lowest BCUT2D eigenvalue weighted by Crippen LogP contribution is -2.42. The fraction of sp³-hybridized carbons (Fsp3) is 0.360. The zero-order valence-electron chi connectivity index (χ0n) is 19.5. The van der Waals surface area contributed by atoms with Gasteiger partial charge < -0.3 is 10.1 Å². The highest BCUT2D eigenvalue weighted by Gasteiger charge is 2.35. The number of amides is 2. The van der Waals surface area contributed by atoms with Crippen molar-refractivity contribution in [2.24, 2.45) is 0 Å². The van der Waals surface area contributed by atoms with Crippen LogP contribution >= 0.6 is 0 Å². The normalized spacial score (nSPS) is 18.3. The first-order valence-electron chi connectivity index (χ1n) is 11.2. The molecule has 2 aromatic carbocycles. The zero-order valence-corrected chi connectivity index (χ0v) is 19.5. The second-order valence-corrected chi connectivity index (χ2v) is 8.57. The smallest absolute Gasteiger partial charge is 0.320 e. The Kier molecular flexibility index (Phi) is 7.23. The van der Waals surface area contributed by atoms with Crippen molar-refractivity contribution < 1.29 is 18.3 Å². The summed E-state index contributed by atoms with van der Waals surface area (Å²) in [6, 6.07) is 12.3. The van der Waals surface area contributed by atoms with Gasteiger partial charge in [-0.2, -0.15) is 5.10 Å². The first kappa shape index (κ1) is 23.8. The number of aryl methyl sites for hydroxylation is 1. The summed E-state index contributed by atoms with van der Waals surface area (Å²) in [6.45, 7) is 6.06. The summed E-state index contributed by atoms with van der Waals surface area (Å²) in [5, 5.41) is 10.5. The average molecular weight is 470 g/mol. The zero-order chi connectivity index (χ0) is 24.2. The van der Waals surface area contributed by atoms with Gasteiger partial charge in [0.15, 0.2) is 0 Å². The molecule has 1 aromatic heterocycles. The summed E-state index contributed by atoms with van der Waals surface area (Å²) in [7, 11) is 1.62. The van der Waals surface area contributed by atoms with Crippen molar-refractivity contribution >= 4 is 11.8 Å². The highest BCUT2D eigenvalue weighted by atomic mass is 19.1. The number of rotatable bonds is 7. The number of urea groups is 1. The molecule has 34 heavy (non-hydrogen) atoms. The van der Waals surface area contributed by atoms with Crippen molar-refractivity contribution in [2.45, 2.75) is 25.8 Å². The van der Waals surface area contributed by atoms with Gasteiger partial charge in [-0.05, 0) is 43.7 Å². The number of carbonyl (C=O) groups is 1. The van der Waals surface area contributed by atoms with Gasteiger partial charge in [0.25, 0.3) is 0 Å². The summed E-state index contributed by atoms with van der Waals surface area (Å²) in [5.74, 6) is -0.962. The fourth-order valence-corrected chi connectivity index (χ4v) is 4.38. The number of ether oxygens (including phenoxy) is 1. The predicted molar refractivity (Wildman–Crippen MR) is 126 cm³/mol. The fourth-order valence-electron chi connectivity index (χ4n) is 4.38. The van der Waals surface area contributed by atoms with Crippen LogP contribution in [0.5, 0.6) is 0 Å². The number of aromatic nitrogens is 2. The molecule has 2 N–H and O–H groups in total. The van der Waals surface area contributed by atoms with E-state index in [2.05, 4.69) is 20.6 Å². The molecule has 0 bridgehead atoms. The molecular weight excluding hydrogens is 440 g/mol. The maximum absolute atomic E-state index is 13.9. The third-order valence-electron chi connectivity index (χ3n) is 6.23. The number of halogens is 2. The minimum atomic E-state index is -0.633. The number of nitrogens with one attached hydrogen (secondary N) is 2. The Hall–Kier alpha value is -3.30. The second kappa shape index (κ2) is 10.3. The van der Waals surface area contributed by atoms with E-state index in [9.17, 15) is 13.6 Å². The van der Waals surface area contributed by atoms with Crippen molar-refractivity contribution in [3.63, 3.8) is 0 Å². The van der Waals surface area contributed by atoms with Crippen molar-refractivity contribution in [3.8, 4) is 5.69 Å². The molecule has 2 heterocycles. The van der Waals surface area contributed by atoms with E-state index >= 15 is 0 Å². The van der Waals surface area contributed by atoms with Gasteiger partial charge in [-0.3, -0.25) is 10.2 Å². The van der Waals surface area contributed by atoms with E-state index < -0.39 is 17.7 Å². The Balaban J connectivity index is 1.55. The molecule has 1 saturated heterocycles. The van der Waals surface area contributed by atoms with Crippen LogP contribution in [0, 0.1) is 25.5 Å². The van der Waals surface area contributed by atoms with Crippen LogP contribution < -0.4 is 10.6 Å². The molecule has 9 heteroatoms. The third-order valence-corrected chi connectivity index (χ3v) is 6.23. The van der Waals surface area contributed by atoms with Gasteiger partial charge in [0, 0.05) is 44.3 Å². The van der Waals surface area contributed by atoms with E-state index in [0.29, 0.717) is 37.6 Å². The molecule has 2 amide bonds. The molecule has 2 unspecified atom stereocenters. The maximum Gasteiger partial charge on any atom is 0.320 e. The molecule has 1 fully saturated rings. The van der Waals surface area contributed by atoms with E-state index in [4.69, 9.17) is 4.74 Å². The first-order chi connectivity index (χ1) is 16.4. The number of para-hydroxylation sites is 1. The summed E-state index contributed by atoms with van der Waals surface area (Å²) in [4.78, 5) is 15.2. The van der Waals surface area contributed by atoms with E-state index in [-0.39, 0.29) is 12.0 Å². The van der Waals surface area contributed by atoms with Gasteiger partial charge in [-0.1, -0.05) is 18.2 Å². The van der Waals surface area contributed by atoms with E-state index in [1.54, 1.807) is 11.8 Å². The van der Waals surface area contributed by atoms with Crippen LogP contribution in [0.2, 0.25) is 0 Å². The Morgan fingerprint density at radius 2 is 1.82 bits per heavy atom. The van der Waals surface area contributed by atoms with Gasteiger partial charge in [-0.15, -0.1) is 0 Å². The summed E-state index contributed by atoms with van der Waals surface area (Å²) in [6.07, 6.45) is 0. The Labute approximate surface area is 197 Å². The highest BCUT2D eigenvalue weighted by molar-refractivity contribution is 5.90. The SMILES string of the molecule is COCCN1CC(NC(=O)Nc2c(C)c(C)nn2-c2ccccc2)C(c2cc(F)cc(F)c2)C1. The minimum Gasteiger partial charge on any atom is -0.383 e. The number of nitrogens with zero attached hydrogens (tertiary/aromatic N) is 3. The Morgan fingerprint density at radius 1 is 1.12 bits per heavy atom. The van der Waals surface area contributed by atoms with Crippen molar-refractivity contribution in [2.75, 3.05) is 38.7 Å². The predicted octanol–water partition coefficient (Wildman–Crippen LogP) is 4.00. The van der Waals surface area contributed by atoms with Crippen LogP contribution in [0.4, 0.5) is 19.4 Å². The molecule has 4 rings (SSSR count). The average Bonchev–Trinajstić information content (AvgIpc) is 3.33. The van der Waals surface area contributed by atoms with Crippen molar-refractivity contribution in [3.05, 3.63) is 77.0 Å². The van der Waals surface area contributed by atoms with E-state index in [1.807, 2.05) is 44.2 Å². The molecule has 2 atom stereocenters. The van der Waals surface area contributed by atoms with Crippen molar-refractivity contribution in [1.29, 1.82) is 0 Å². The lowest BCUT2D eigenvalue weighted by Gasteiger charge is -2.21. The van der Waals surface area contributed by atoms with Crippen molar-refractivity contribution in [1.82, 2.24) is 20.0 Å². The number of likely N-dealkylation sites (tertiary alicyclic amines) is 1. The van der Waals surface area contributed by atoms with Gasteiger partial charge in [0.1, 0.15) is 17.5 Å². The molecule has 1 aliphatic rings. The standard InChI is InChI=1S/C25H29F2N5O2/c1-16-17(2)30-32(21-7-5-4-6-8-21)24(16)29-25(33)28-23-15-31(9-10-34-3)14-22(23)18-11-19(26)13-20(27)12-18/h4-8,11-13,22-23H,9-10,14-15H2,1-3H3,(H2,28,29,33). The maximum atomic E-state index is 13.9. The van der Waals surface area contributed by atoms with Crippen LogP contribution in [0.15, 0.2) is 48.5 Å². The van der Waals surface area contributed by atoms with Gasteiger partial charge >= 0.3 is 6.03 Å². The molecule has 0 saturated carbocycles. The molecule has 7 nitrogen and oxygen atoms in total. The van der Waals surface area contributed by atoms with Gasteiger partial charge in [0.05, 0.1) is 24.0 Å². The molecule has 0 spiro atoms. The number of anilines is 1. The van der Waals surface area contributed by atoms with Gasteiger partial charge in [0.2, 0.25) is 0 Å². The molecule has 0 radical (unpaired) electrons. The van der Waals surface area contributed by atoms with Crippen LogP contribution in [0.1, 0.15) is 22.7 Å². The van der Waals surface area contributed by atoms with Gasteiger partial charge in [-0.25, -0.2) is 18.3 Å². The minimum absolute atomic E-state index is 0.269. The van der Waals surface area contributed by atoms with E-state index in [1.165, 1.54) is 12.1 Å². The number of benzene rings is 2. The molecule has 1 aliphatic heterocycles. The highest BCUT2D eigenvalue weighted by Crippen LogP contribution is 2.29. The molecule has 3 aromatic rings. The Bertz CT molecular complexity index is 1130. The van der Waals surface area contributed by atoms with E-state index in [0.717, 1.165) is 23.0 Å². The summed E-state index contributed by atoms with van der Waals surface area (Å²) < 4.78 is 34.7. The first-order valence-corrected chi connectivity index (χ1v) is 11.2. The lowest BCUT2D eigenvalue weighted by atomic mass is 9.94. The Morgan fingerprint density at radius 3 is 2.50 bits per heavy atom.